The maximum atomic E-state index is 13.5. The average molecular weight is 472 g/mol. The van der Waals surface area contributed by atoms with Crippen LogP contribution < -0.4 is 9.62 Å². The van der Waals surface area contributed by atoms with Crippen LogP contribution in [-0.4, -0.2) is 41.7 Å². The van der Waals surface area contributed by atoms with Crippen molar-refractivity contribution < 1.29 is 17.9 Å². The molecule has 0 unspecified atom stereocenters. The van der Waals surface area contributed by atoms with E-state index >= 15 is 0 Å². The van der Waals surface area contributed by atoms with E-state index in [1.54, 1.807) is 51.2 Å². The highest BCUT2D eigenvalue weighted by Crippen LogP contribution is 2.24. The van der Waals surface area contributed by atoms with E-state index in [0.29, 0.717) is 6.54 Å². The molecule has 0 spiro atoms. The molecule has 1 N–H and O–H groups in total. The van der Waals surface area contributed by atoms with E-state index in [1.165, 1.54) is 8.99 Å². The fraction of sp³-hybridized carbons (Fsp3) is 0.348. The minimum absolute atomic E-state index is 0.103. The van der Waals surface area contributed by atoms with Gasteiger partial charge in [-0.3, -0.25) is 0 Å². The number of hydrogen-bond acceptors (Lipinski definition) is 6. The molecule has 3 aromatic rings. The van der Waals surface area contributed by atoms with E-state index in [1.807, 2.05) is 37.3 Å². The number of anilines is 1. The molecule has 0 bridgehead atoms. The van der Waals surface area contributed by atoms with Gasteiger partial charge in [-0.2, -0.15) is 0 Å². The summed E-state index contributed by atoms with van der Waals surface area (Å²) >= 11 is 0. The van der Waals surface area contributed by atoms with Crippen LogP contribution in [0.3, 0.4) is 0 Å². The molecule has 1 heterocycles. The first-order valence-electron chi connectivity index (χ1n) is 10.5. The lowest BCUT2D eigenvalue weighted by molar-refractivity contribution is 0.0525. The van der Waals surface area contributed by atoms with Crippen LogP contribution in [0.15, 0.2) is 65.7 Å². The number of nitrogens with one attached hydrogen (secondary N) is 1. The largest absolute Gasteiger partial charge is 0.444 e. The molecule has 9 nitrogen and oxygen atoms in total. The van der Waals surface area contributed by atoms with Gasteiger partial charge in [0.2, 0.25) is 0 Å². The molecule has 33 heavy (non-hydrogen) atoms. The standard InChI is InChI=1S/C23H29N5O4S/c1-18-10-12-20(13-11-18)33(30,31)28(16-19-8-6-5-7-9-19)21-17-27(26-25-21)15-14-24-22(29)32-23(2,3)4/h5-13,17H,14-16H2,1-4H3,(H,24,29). The SMILES string of the molecule is Cc1ccc(S(=O)(=O)N(Cc2ccccc2)c2cn(CCNC(=O)OC(C)(C)C)nn2)cc1. The van der Waals surface area contributed by atoms with Gasteiger partial charge >= 0.3 is 6.09 Å². The number of amides is 1. The van der Waals surface area contributed by atoms with Gasteiger partial charge in [0.05, 0.1) is 24.2 Å². The Hall–Kier alpha value is -3.40. The first kappa shape index (κ1) is 24.2. The Morgan fingerprint density at radius 2 is 1.76 bits per heavy atom. The summed E-state index contributed by atoms with van der Waals surface area (Å²) < 4.78 is 34.9. The Morgan fingerprint density at radius 3 is 2.39 bits per heavy atom. The second-order valence-electron chi connectivity index (χ2n) is 8.58. The fourth-order valence-electron chi connectivity index (χ4n) is 2.97. The van der Waals surface area contributed by atoms with Gasteiger partial charge in [0.15, 0.2) is 5.82 Å². The van der Waals surface area contributed by atoms with Crippen molar-refractivity contribution in [2.45, 2.75) is 51.3 Å². The summed E-state index contributed by atoms with van der Waals surface area (Å²) in [7, 11) is -3.88. The molecule has 0 saturated carbocycles. The molecule has 176 valence electrons. The lowest BCUT2D eigenvalue weighted by atomic mass is 10.2. The van der Waals surface area contributed by atoms with Gasteiger partial charge in [-0.05, 0) is 45.4 Å². The van der Waals surface area contributed by atoms with E-state index < -0.39 is 21.7 Å². The minimum atomic E-state index is -3.88. The Morgan fingerprint density at radius 1 is 1.09 bits per heavy atom. The number of rotatable bonds is 8. The van der Waals surface area contributed by atoms with Crippen molar-refractivity contribution in [3.8, 4) is 0 Å². The van der Waals surface area contributed by atoms with Crippen LogP contribution in [0.1, 0.15) is 31.9 Å². The van der Waals surface area contributed by atoms with Gasteiger partial charge in [0.1, 0.15) is 5.60 Å². The number of hydrogen-bond donors (Lipinski definition) is 1. The van der Waals surface area contributed by atoms with Crippen molar-refractivity contribution in [3.05, 3.63) is 71.9 Å². The zero-order chi connectivity index (χ0) is 24.1. The third-order valence-corrected chi connectivity index (χ3v) is 6.33. The predicted octanol–water partition coefficient (Wildman–Crippen LogP) is 3.51. The van der Waals surface area contributed by atoms with Crippen LogP contribution in [0.4, 0.5) is 10.6 Å². The van der Waals surface area contributed by atoms with E-state index in [9.17, 15) is 13.2 Å². The summed E-state index contributed by atoms with van der Waals surface area (Å²) in [5.41, 5.74) is 1.19. The maximum Gasteiger partial charge on any atom is 0.407 e. The number of carbonyl (C=O) groups is 1. The molecule has 10 heteroatoms. The van der Waals surface area contributed by atoms with Crippen LogP contribution in [0, 0.1) is 6.92 Å². The molecule has 3 rings (SSSR count). The number of benzene rings is 2. The molecule has 0 fully saturated rings. The molecule has 1 amide bonds. The van der Waals surface area contributed by atoms with Crippen LogP contribution >= 0.6 is 0 Å². The molecule has 0 aliphatic rings. The smallest absolute Gasteiger partial charge is 0.407 e. The van der Waals surface area contributed by atoms with Crippen molar-refractivity contribution in [2.75, 3.05) is 10.8 Å². The van der Waals surface area contributed by atoms with Crippen molar-refractivity contribution in [3.63, 3.8) is 0 Å². The van der Waals surface area contributed by atoms with Gasteiger partial charge in [0.25, 0.3) is 10.0 Å². The molecule has 0 aliphatic heterocycles. The summed E-state index contributed by atoms with van der Waals surface area (Å²) in [6.07, 6.45) is 1.02. The highest BCUT2D eigenvalue weighted by Gasteiger charge is 2.27. The molecule has 0 radical (unpaired) electrons. The van der Waals surface area contributed by atoms with Crippen molar-refractivity contribution >= 4 is 21.9 Å². The Bertz CT molecular complexity index is 1170. The zero-order valence-corrected chi connectivity index (χ0v) is 20.0. The van der Waals surface area contributed by atoms with E-state index in [0.717, 1.165) is 11.1 Å². The second kappa shape index (κ2) is 10.0. The van der Waals surface area contributed by atoms with E-state index in [4.69, 9.17) is 4.74 Å². The minimum Gasteiger partial charge on any atom is -0.444 e. The zero-order valence-electron chi connectivity index (χ0n) is 19.2. The number of aromatic nitrogens is 3. The van der Waals surface area contributed by atoms with Crippen LogP contribution in [0.25, 0.3) is 0 Å². The first-order chi connectivity index (χ1) is 15.5. The molecule has 0 saturated heterocycles. The highest BCUT2D eigenvalue weighted by atomic mass is 32.2. The van der Waals surface area contributed by atoms with Crippen LogP contribution in [0.2, 0.25) is 0 Å². The quantitative estimate of drug-likeness (QED) is 0.539. The number of nitrogens with zero attached hydrogens (tertiary/aromatic N) is 4. The number of sulfonamides is 1. The molecule has 0 atom stereocenters. The normalized spacial score (nSPS) is 11.8. The molecule has 2 aromatic carbocycles. The topological polar surface area (TPSA) is 106 Å². The summed E-state index contributed by atoms with van der Waals surface area (Å²) in [5, 5.41) is 10.8. The van der Waals surface area contributed by atoms with Gasteiger partial charge < -0.3 is 10.1 Å². The molecule has 0 aliphatic carbocycles. The molecular weight excluding hydrogens is 442 g/mol. The Labute approximate surface area is 194 Å². The molecule has 1 aromatic heterocycles. The number of carbonyl (C=O) groups excluding carboxylic acids is 1. The number of alkyl carbamates (subject to hydrolysis) is 1. The van der Waals surface area contributed by atoms with Gasteiger partial charge in [-0.15, -0.1) is 5.10 Å². The Kier molecular flexibility index (Phi) is 7.37. The van der Waals surface area contributed by atoms with Crippen molar-refractivity contribution in [1.29, 1.82) is 0 Å². The monoisotopic (exact) mass is 471 g/mol. The molecular formula is C23H29N5O4S. The fourth-order valence-corrected chi connectivity index (χ4v) is 4.36. The van der Waals surface area contributed by atoms with Crippen LogP contribution in [-0.2, 0) is 27.8 Å². The third-order valence-electron chi connectivity index (χ3n) is 4.57. The van der Waals surface area contributed by atoms with E-state index in [2.05, 4.69) is 15.6 Å². The van der Waals surface area contributed by atoms with Crippen molar-refractivity contribution in [1.82, 2.24) is 20.3 Å². The van der Waals surface area contributed by atoms with Crippen LogP contribution in [0.5, 0.6) is 0 Å². The maximum absolute atomic E-state index is 13.5. The predicted molar refractivity (Wildman–Crippen MR) is 125 cm³/mol. The number of ether oxygens (including phenoxy) is 1. The third kappa shape index (κ3) is 6.79. The lowest BCUT2D eigenvalue weighted by Gasteiger charge is -2.22. The average Bonchev–Trinajstić information content (AvgIpc) is 3.20. The Balaban J connectivity index is 1.79. The second-order valence-corrected chi connectivity index (χ2v) is 10.4. The van der Waals surface area contributed by atoms with Gasteiger partial charge in [-0.1, -0.05) is 53.2 Å². The highest BCUT2D eigenvalue weighted by molar-refractivity contribution is 7.92. The van der Waals surface area contributed by atoms with Crippen molar-refractivity contribution in [2.24, 2.45) is 0 Å². The number of aryl methyl sites for hydroxylation is 1. The summed E-state index contributed by atoms with van der Waals surface area (Å²) in [6, 6.07) is 16.0. The summed E-state index contributed by atoms with van der Waals surface area (Å²) in [6.45, 7) is 7.91. The lowest BCUT2D eigenvalue weighted by Crippen LogP contribution is -2.34. The van der Waals surface area contributed by atoms with Gasteiger partial charge in [-0.25, -0.2) is 22.2 Å². The van der Waals surface area contributed by atoms with E-state index in [-0.39, 0.29) is 23.8 Å². The van der Waals surface area contributed by atoms with Gasteiger partial charge in [0, 0.05) is 6.54 Å². The first-order valence-corrected chi connectivity index (χ1v) is 12.0. The summed E-state index contributed by atoms with van der Waals surface area (Å²) in [4.78, 5) is 12.0. The summed E-state index contributed by atoms with van der Waals surface area (Å²) in [5.74, 6) is 0.191.